The zero-order chi connectivity index (χ0) is 13.9. The standard InChI is InChI=1S/C16H13F3/c1-2-15(16(17,18)19)14-10-8-13(9-11-14)12-6-4-3-5-7-12/h2-11H,1H3/b15-2+. The van der Waals surface area contributed by atoms with Gasteiger partial charge in [-0.25, -0.2) is 0 Å². The minimum Gasteiger partial charge on any atom is -0.166 e. The largest absolute Gasteiger partial charge is 0.416 e. The molecule has 0 fully saturated rings. The van der Waals surface area contributed by atoms with Gasteiger partial charge in [0.05, 0.1) is 5.57 Å². The van der Waals surface area contributed by atoms with E-state index >= 15 is 0 Å². The van der Waals surface area contributed by atoms with E-state index in [1.54, 1.807) is 12.1 Å². The van der Waals surface area contributed by atoms with E-state index in [4.69, 9.17) is 0 Å². The van der Waals surface area contributed by atoms with Crippen LogP contribution in [-0.2, 0) is 0 Å². The minimum atomic E-state index is -4.32. The fraction of sp³-hybridized carbons (Fsp3) is 0.125. The summed E-state index contributed by atoms with van der Waals surface area (Å²) in [6.45, 7) is 1.40. The highest BCUT2D eigenvalue weighted by Crippen LogP contribution is 2.34. The third-order valence-electron chi connectivity index (χ3n) is 2.90. The molecular weight excluding hydrogens is 249 g/mol. The number of allylic oxidation sites excluding steroid dienone is 2. The predicted molar refractivity (Wildman–Crippen MR) is 71.6 cm³/mol. The summed E-state index contributed by atoms with van der Waals surface area (Å²) >= 11 is 0. The average molecular weight is 262 g/mol. The molecule has 0 aliphatic carbocycles. The molecule has 2 aromatic rings. The topological polar surface area (TPSA) is 0 Å². The van der Waals surface area contributed by atoms with Gasteiger partial charge in [-0.05, 0) is 23.6 Å². The molecule has 2 rings (SSSR count). The normalized spacial score (nSPS) is 12.5. The number of benzene rings is 2. The Morgan fingerprint density at radius 2 is 1.37 bits per heavy atom. The van der Waals surface area contributed by atoms with Crippen LogP contribution >= 0.6 is 0 Å². The number of hydrogen-bond donors (Lipinski definition) is 0. The van der Waals surface area contributed by atoms with Crippen molar-refractivity contribution in [1.29, 1.82) is 0 Å². The molecular formula is C16H13F3. The lowest BCUT2D eigenvalue weighted by atomic mass is 10.00. The van der Waals surface area contributed by atoms with Gasteiger partial charge in [0.25, 0.3) is 0 Å². The average Bonchev–Trinajstić information content (AvgIpc) is 2.40. The second-order valence-corrected chi connectivity index (χ2v) is 4.14. The lowest BCUT2D eigenvalue weighted by Gasteiger charge is -2.12. The molecule has 0 atom stereocenters. The molecule has 0 aliphatic heterocycles. The van der Waals surface area contributed by atoms with Crippen LogP contribution in [0.2, 0.25) is 0 Å². The molecule has 0 saturated heterocycles. The van der Waals surface area contributed by atoms with Gasteiger partial charge in [0.1, 0.15) is 0 Å². The molecule has 0 saturated carbocycles. The second-order valence-electron chi connectivity index (χ2n) is 4.14. The van der Waals surface area contributed by atoms with Gasteiger partial charge in [-0.1, -0.05) is 60.7 Å². The number of hydrogen-bond acceptors (Lipinski definition) is 0. The minimum absolute atomic E-state index is 0.190. The van der Waals surface area contributed by atoms with Crippen molar-refractivity contribution in [2.24, 2.45) is 0 Å². The fourth-order valence-electron chi connectivity index (χ4n) is 1.97. The first-order chi connectivity index (χ1) is 9.02. The molecule has 0 aromatic heterocycles. The summed E-state index contributed by atoms with van der Waals surface area (Å²) in [6, 6.07) is 16.0. The van der Waals surface area contributed by atoms with Crippen LogP contribution in [0.5, 0.6) is 0 Å². The Hall–Kier alpha value is -2.03. The van der Waals surface area contributed by atoms with Crippen molar-refractivity contribution in [2.45, 2.75) is 13.1 Å². The predicted octanol–water partition coefficient (Wildman–Crippen LogP) is 5.32. The molecule has 98 valence electrons. The van der Waals surface area contributed by atoms with Gasteiger partial charge in [0.2, 0.25) is 0 Å². The Morgan fingerprint density at radius 1 is 0.842 bits per heavy atom. The maximum atomic E-state index is 12.8. The van der Waals surface area contributed by atoms with E-state index in [-0.39, 0.29) is 5.56 Å². The molecule has 0 spiro atoms. The van der Waals surface area contributed by atoms with Gasteiger partial charge in [0.15, 0.2) is 0 Å². The molecule has 0 amide bonds. The quantitative estimate of drug-likeness (QED) is 0.687. The summed E-state index contributed by atoms with van der Waals surface area (Å²) < 4.78 is 38.3. The van der Waals surface area contributed by atoms with Gasteiger partial charge >= 0.3 is 6.18 Å². The fourth-order valence-corrected chi connectivity index (χ4v) is 1.97. The van der Waals surface area contributed by atoms with Crippen LogP contribution in [0.15, 0.2) is 60.7 Å². The van der Waals surface area contributed by atoms with Crippen molar-refractivity contribution >= 4 is 5.57 Å². The van der Waals surface area contributed by atoms with Crippen LogP contribution in [0, 0.1) is 0 Å². The molecule has 0 heterocycles. The Labute approximate surface area is 110 Å². The van der Waals surface area contributed by atoms with Crippen molar-refractivity contribution in [1.82, 2.24) is 0 Å². The summed E-state index contributed by atoms with van der Waals surface area (Å²) in [6.07, 6.45) is -3.22. The Morgan fingerprint density at radius 3 is 1.84 bits per heavy atom. The molecule has 0 N–H and O–H groups in total. The van der Waals surface area contributed by atoms with Crippen LogP contribution in [0.1, 0.15) is 12.5 Å². The second kappa shape index (κ2) is 5.31. The van der Waals surface area contributed by atoms with E-state index in [2.05, 4.69) is 0 Å². The lowest BCUT2D eigenvalue weighted by molar-refractivity contribution is -0.0689. The van der Waals surface area contributed by atoms with E-state index < -0.39 is 11.7 Å². The first kappa shape index (κ1) is 13.4. The summed E-state index contributed by atoms with van der Waals surface area (Å²) in [5, 5.41) is 0. The van der Waals surface area contributed by atoms with E-state index in [1.165, 1.54) is 19.1 Å². The van der Waals surface area contributed by atoms with Crippen LogP contribution in [-0.4, -0.2) is 6.18 Å². The van der Waals surface area contributed by atoms with Crippen molar-refractivity contribution in [3.63, 3.8) is 0 Å². The van der Waals surface area contributed by atoms with Crippen molar-refractivity contribution in [3.05, 3.63) is 66.2 Å². The Bertz CT molecular complexity index is 563. The van der Waals surface area contributed by atoms with Gasteiger partial charge in [-0.15, -0.1) is 0 Å². The number of alkyl halides is 3. The lowest BCUT2D eigenvalue weighted by Crippen LogP contribution is -2.10. The molecule has 19 heavy (non-hydrogen) atoms. The van der Waals surface area contributed by atoms with Crippen molar-refractivity contribution in [3.8, 4) is 11.1 Å². The molecule has 3 heteroatoms. The zero-order valence-electron chi connectivity index (χ0n) is 10.4. The highest BCUT2D eigenvalue weighted by Gasteiger charge is 2.33. The monoisotopic (exact) mass is 262 g/mol. The summed E-state index contributed by atoms with van der Waals surface area (Å²) in [5.74, 6) is 0. The van der Waals surface area contributed by atoms with E-state index in [1.807, 2.05) is 30.3 Å². The molecule has 0 aliphatic rings. The molecule has 0 nitrogen and oxygen atoms in total. The summed E-state index contributed by atoms with van der Waals surface area (Å²) in [4.78, 5) is 0. The van der Waals surface area contributed by atoms with E-state index in [0.29, 0.717) is 0 Å². The highest BCUT2D eigenvalue weighted by atomic mass is 19.4. The first-order valence-corrected chi connectivity index (χ1v) is 5.92. The van der Waals surface area contributed by atoms with Crippen LogP contribution < -0.4 is 0 Å². The van der Waals surface area contributed by atoms with E-state index in [9.17, 15) is 13.2 Å². The Balaban J connectivity index is 2.34. The van der Waals surface area contributed by atoms with Crippen LogP contribution in [0.3, 0.4) is 0 Å². The van der Waals surface area contributed by atoms with E-state index in [0.717, 1.165) is 17.2 Å². The van der Waals surface area contributed by atoms with Gasteiger partial charge < -0.3 is 0 Å². The summed E-state index contributed by atoms with van der Waals surface area (Å²) in [5.41, 5.74) is 1.48. The highest BCUT2D eigenvalue weighted by molar-refractivity contribution is 5.72. The smallest absolute Gasteiger partial charge is 0.166 e. The zero-order valence-corrected chi connectivity index (χ0v) is 10.4. The Kier molecular flexibility index (Phi) is 3.74. The molecule has 2 aromatic carbocycles. The maximum absolute atomic E-state index is 12.8. The third kappa shape index (κ3) is 3.05. The third-order valence-corrected chi connectivity index (χ3v) is 2.90. The summed E-state index contributed by atoms with van der Waals surface area (Å²) in [7, 11) is 0. The molecule has 0 bridgehead atoms. The molecule has 0 unspecified atom stereocenters. The maximum Gasteiger partial charge on any atom is 0.416 e. The first-order valence-electron chi connectivity index (χ1n) is 5.92. The van der Waals surface area contributed by atoms with Gasteiger partial charge in [-0.2, -0.15) is 13.2 Å². The van der Waals surface area contributed by atoms with Crippen molar-refractivity contribution in [2.75, 3.05) is 0 Å². The van der Waals surface area contributed by atoms with Gasteiger partial charge in [-0.3, -0.25) is 0 Å². The van der Waals surface area contributed by atoms with Crippen LogP contribution in [0.25, 0.3) is 16.7 Å². The number of rotatable bonds is 2. The SMILES string of the molecule is C/C=C(\c1ccc(-c2ccccc2)cc1)C(F)(F)F. The van der Waals surface area contributed by atoms with Gasteiger partial charge in [0, 0.05) is 0 Å². The molecule has 0 radical (unpaired) electrons. The van der Waals surface area contributed by atoms with Crippen molar-refractivity contribution < 1.29 is 13.2 Å². The number of halogens is 3. The van der Waals surface area contributed by atoms with Crippen LogP contribution in [0.4, 0.5) is 13.2 Å².